The topological polar surface area (TPSA) is 17.8 Å². The van der Waals surface area contributed by atoms with Crippen LogP contribution in [0.3, 0.4) is 0 Å². The highest BCUT2D eigenvalue weighted by Gasteiger charge is 2.21. The maximum absolute atomic E-state index is 12.8. The molecule has 11 heavy (non-hydrogen) atoms. The Labute approximate surface area is 63.9 Å². The molecular weight excluding hydrogens is 150 g/mol. The fourth-order valence-corrected chi connectivity index (χ4v) is 0.907. The molecule has 0 spiro atoms. The maximum atomic E-state index is 12.8. The SMILES string of the molecule is CC(C)(C)n1c(F)cnc1F. The Kier molecular flexibility index (Phi) is 1.70. The number of rotatable bonds is 0. The fraction of sp³-hybridized carbons (Fsp3) is 0.571. The summed E-state index contributed by atoms with van der Waals surface area (Å²) < 4.78 is 26.4. The molecule has 1 heterocycles. The van der Waals surface area contributed by atoms with E-state index in [0.717, 1.165) is 10.8 Å². The van der Waals surface area contributed by atoms with Crippen LogP contribution in [0.1, 0.15) is 20.8 Å². The molecule has 0 N–H and O–H groups in total. The van der Waals surface area contributed by atoms with Crippen LogP contribution >= 0.6 is 0 Å². The Balaban J connectivity index is 3.21. The van der Waals surface area contributed by atoms with Crippen molar-refractivity contribution < 1.29 is 8.78 Å². The van der Waals surface area contributed by atoms with E-state index in [4.69, 9.17) is 0 Å². The second-order valence-electron chi connectivity index (χ2n) is 3.36. The van der Waals surface area contributed by atoms with Gasteiger partial charge in [-0.15, -0.1) is 0 Å². The molecule has 0 aliphatic heterocycles. The number of hydrogen-bond donors (Lipinski definition) is 0. The van der Waals surface area contributed by atoms with Gasteiger partial charge in [-0.05, 0) is 20.8 Å². The molecule has 0 bridgehead atoms. The molecule has 1 rings (SSSR count). The van der Waals surface area contributed by atoms with Gasteiger partial charge in [-0.1, -0.05) is 0 Å². The summed E-state index contributed by atoms with van der Waals surface area (Å²) in [7, 11) is 0. The van der Waals surface area contributed by atoms with Crippen LogP contribution in [0, 0.1) is 12.0 Å². The average molecular weight is 160 g/mol. The van der Waals surface area contributed by atoms with Gasteiger partial charge in [-0.3, -0.25) is 4.57 Å². The van der Waals surface area contributed by atoms with Gasteiger partial charge in [-0.2, -0.15) is 8.78 Å². The van der Waals surface area contributed by atoms with E-state index in [2.05, 4.69) is 4.98 Å². The molecule has 0 amide bonds. The summed E-state index contributed by atoms with van der Waals surface area (Å²) in [6.07, 6.45) is 0.0932. The van der Waals surface area contributed by atoms with E-state index in [1.165, 1.54) is 0 Å². The molecule has 0 fully saturated rings. The van der Waals surface area contributed by atoms with Gasteiger partial charge in [0.25, 0.3) is 6.08 Å². The average Bonchev–Trinajstić information content (AvgIpc) is 2.08. The van der Waals surface area contributed by atoms with Gasteiger partial charge in [0.05, 0.1) is 6.20 Å². The van der Waals surface area contributed by atoms with Crippen molar-refractivity contribution >= 4 is 0 Å². The molecule has 0 atom stereocenters. The number of nitrogens with zero attached hydrogens (tertiary/aromatic N) is 2. The van der Waals surface area contributed by atoms with E-state index < -0.39 is 17.6 Å². The molecule has 0 aromatic carbocycles. The first-order valence-corrected chi connectivity index (χ1v) is 3.32. The lowest BCUT2D eigenvalue weighted by molar-refractivity contribution is 0.283. The van der Waals surface area contributed by atoms with E-state index in [0.29, 0.717) is 0 Å². The molecule has 0 radical (unpaired) electrons. The first kappa shape index (κ1) is 8.17. The van der Waals surface area contributed by atoms with E-state index >= 15 is 0 Å². The lowest BCUT2D eigenvalue weighted by atomic mass is 10.1. The van der Waals surface area contributed by atoms with Crippen LogP contribution < -0.4 is 0 Å². The Hall–Kier alpha value is -0.930. The van der Waals surface area contributed by atoms with Crippen molar-refractivity contribution in [2.45, 2.75) is 26.3 Å². The monoisotopic (exact) mass is 160 g/mol. The van der Waals surface area contributed by atoms with Gasteiger partial charge in [0.15, 0.2) is 0 Å². The number of imidazole rings is 1. The third kappa shape index (κ3) is 1.39. The predicted molar refractivity (Wildman–Crippen MR) is 37.1 cm³/mol. The number of halogens is 2. The first-order valence-electron chi connectivity index (χ1n) is 3.32. The Bertz CT molecular complexity index is 240. The zero-order valence-corrected chi connectivity index (χ0v) is 6.73. The van der Waals surface area contributed by atoms with Crippen molar-refractivity contribution in [2.24, 2.45) is 0 Å². The van der Waals surface area contributed by atoms with Crippen molar-refractivity contribution in [3.63, 3.8) is 0 Å². The molecule has 62 valence electrons. The molecule has 0 saturated heterocycles. The summed E-state index contributed by atoms with van der Waals surface area (Å²) in [5.41, 5.74) is -0.593. The van der Waals surface area contributed by atoms with Gasteiger partial charge < -0.3 is 0 Å². The third-order valence-electron chi connectivity index (χ3n) is 1.35. The lowest BCUT2D eigenvalue weighted by Gasteiger charge is -2.20. The Morgan fingerprint density at radius 1 is 1.36 bits per heavy atom. The highest BCUT2D eigenvalue weighted by atomic mass is 19.1. The predicted octanol–water partition coefficient (Wildman–Crippen LogP) is 1.92. The summed E-state index contributed by atoms with van der Waals surface area (Å²) in [4.78, 5) is 3.20. The van der Waals surface area contributed by atoms with E-state index in [9.17, 15) is 8.78 Å². The lowest BCUT2D eigenvalue weighted by Crippen LogP contribution is -2.25. The van der Waals surface area contributed by atoms with Gasteiger partial charge in [-0.25, -0.2) is 4.98 Å². The van der Waals surface area contributed by atoms with Gasteiger partial charge in [0.2, 0.25) is 5.95 Å². The van der Waals surface area contributed by atoms with Crippen LogP contribution in [0.4, 0.5) is 8.78 Å². The summed E-state index contributed by atoms with van der Waals surface area (Å²) >= 11 is 0. The van der Waals surface area contributed by atoms with E-state index in [-0.39, 0.29) is 0 Å². The molecule has 2 nitrogen and oxygen atoms in total. The fourth-order valence-electron chi connectivity index (χ4n) is 0.907. The molecule has 1 aromatic rings. The maximum Gasteiger partial charge on any atom is 0.291 e. The normalized spacial score (nSPS) is 12.1. The van der Waals surface area contributed by atoms with E-state index in [1.54, 1.807) is 20.8 Å². The molecule has 0 unspecified atom stereocenters. The first-order chi connectivity index (χ1) is 4.93. The largest absolute Gasteiger partial charge is 0.291 e. The minimum absolute atomic E-state index is 0.593. The zero-order chi connectivity index (χ0) is 8.65. The van der Waals surface area contributed by atoms with Crippen LogP contribution in [-0.4, -0.2) is 9.55 Å². The summed E-state index contributed by atoms with van der Waals surface area (Å²) in [6.45, 7) is 5.13. The highest BCUT2D eigenvalue weighted by molar-refractivity contribution is 4.88. The van der Waals surface area contributed by atoms with Gasteiger partial charge >= 0.3 is 0 Å². The van der Waals surface area contributed by atoms with Crippen LogP contribution in [0.25, 0.3) is 0 Å². The molecule has 0 saturated carbocycles. The Morgan fingerprint density at radius 3 is 2.09 bits per heavy atom. The second kappa shape index (κ2) is 2.29. The summed E-state index contributed by atoms with van der Waals surface area (Å²) in [5.74, 6) is -0.644. The minimum atomic E-state index is -0.782. The third-order valence-corrected chi connectivity index (χ3v) is 1.35. The molecular formula is C7H10F2N2. The molecule has 1 aromatic heterocycles. The van der Waals surface area contributed by atoms with Crippen molar-refractivity contribution in [3.05, 3.63) is 18.2 Å². The zero-order valence-electron chi connectivity index (χ0n) is 6.73. The van der Waals surface area contributed by atoms with Gasteiger partial charge in [0, 0.05) is 5.54 Å². The highest BCUT2D eigenvalue weighted by Crippen LogP contribution is 2.17. The van der Waals surface area contributed by atoms with Crippen LogP contribution in [0.2, 0.25) is 0 Å². The molecule has 0 aliphatic carbocycles. The molecule has 4 heteroatoms. The quantitative estimate of drug-likeness (QED) is 0.567. The number of aromatic nitrogens is 2. The minimum Gasteiger partial charge on any atom is -0.272 e. The summed E-state index contributed by atoms with van der Waals surface area (Å²) in [5, 5.41) is 0. The second-order valence-corrected chi connectivity index (χ2v) is 3.36. The van der Waals surface area contributed by atoms with E-state index in [1.807, 2.05) is 0 Å². The van der Waals surface area contributed by atoms with Gasteiger partial charge in [0.1, 0.15) is 0 Å². The van der Waals surface area contributed by atoms with Crippen molar-refractivity contribution in [1.29, 1.82) is 0 Å². The molecule has 0 aliphatic rings. The van der Waals surface area contributed by atoms with Crippen molar-refractivity contribution in [3.8, 4) is 0 Å². The number of hydrogen-bond acceptors (Lipinski definition) is 1. The van der Waals surface area contributed by atoms with Crippen molar-refractivity contribution in [1.82, 2.24) is 9.55 Å². The Morgan fingerprint density at radius 2 is 1.91 bits per heavy atom. The smallest absolute Gasteiger partial charge is 0.272 e. The van der Waals surface area contributed by atoms with Crippen LogP contribution in [0.15, 0.2) is 6.20 Å². The van der Waals surface area contributed by atoms with Crippen LogP contribution in [-0.2, 0) is 5.54 Å². The standard InChI is InChI=1S/C7H10F2N2/c1-7(2,3)11-5(8)4-10-6(11)9/h4H,1-3H3. The van der Waals surface area contributed by atoms with Crippen molar-refractivity contribution in [2.75, 3.05) is 0 Å². The summed E-state index contributed by atoms with van der Waals surface area (Å²) in [6, 6.07) is 0. The van der Waals surface area contributed by atoms with Crippen LogP contribution in [0.5, 0.6) is 0 Å².